The zero-order valence-electron chi connectivity index (χ0n) is 15.2. The van der Waals surface area contributed by atoms with E-state index in [1.54, 1.807) is 4.90 Å². The number of carbonyl (C=O) groups is 4. The summed E-state index contributed by atoms with van der Waals surface area (Å²) in [7, 11) is 0. The molecular formula is C17H25N3O6. The molecule has 26 heavy (non-hydrogen) atoms. The number of imide groups is 1. The topological polar surface area (TPSA) is 105 Å². The quantitative estimate of drug-likeness (QED) is 0.555. The Kier molecular flexibility index (Phi) is 5.17. The maximum absolute atomic E-state index is 12.5. The summed E-state index contributed by atoms with van der Waals surface area (Å²) >= 11 is 0. The van der Waals surface area contributed by atoms with E-state index < -0.39 is 30.7 Å². The Labute approximate surface area is 152 Å². The monoisotopic (exact) mass is 367 g/mol. The Bertz CT molecular complexity index is 606. The van der Waals surface area contributed by atoms with Gasteiger partial charge in [-0.15, -0.1) is 0 Å². The van der Waals surface area contributed by atoms with Gasteiger partial charge in [0.1, 0.15) is 12.1 Å². The molecule has 144 valence electrons. The van der Waals surface area contributed by atoms with E-state index >= 15 is 0 Å². The number of carbonyl (C=O) groups excluding carboxylic acids is 4. The van der Waals surface area contributed by atoms with Gasteiger partial charge in [0, 0.05) is 13.1 Å². The highest BCUT2D eigenvalue weighted by Crippen LogP contribution is 2.34. The highest BCUT2D eigenvalue weighted by molar-refractivity contribution is 6.08. The summed E-state index contributed by atoms with van der Waals surface area (Å²) in [4.78, 5) is 51.2. The summed E-state index contributed by atoms with van der Waals surface area (Å²) in [6, 6.07) is -0.573. The molecule has 4 amide bonds. The molecule has 1 aliphatic carbocycles. The van der Waals surface area contributed by atoms with Gasteiger partial charge in [-0.25, -0.2) is 4.79 Å². The molecule has 1 N–H and O–H groups in total. The van der Waals surface area contributed by atoms with Crippen molar-refractivity contribution in [3.8, 4) is 0 Å². The van der Waals surface area contributed by atoms with Crippen LogP contribution >= 0.6 is 0 Å². The molecule has 1 spiro atoms. The van der Waals surface area contributed by atoms with Crippen LogP contribution in [0.4, 0.5) is 4.79 Å². The number of morpholine rings is 1. The van der Waals surface area contributed by atoms with Gasteiger partial charge in [-0.3, -0.25) is 19.3 Å². The van der Waals surface area contributed by atoms with E-state index in [1.165, 1.54) is 0 Å². The largest absolute Gasteiger partial charge is 0.454 e. The molecule has 0 aromatic heterocycles. The average Bonchev–Trinajstić information content (AvgIpc) is 3.13. The van der Waals surface area contributed by atoms with Gasteiger partial charge in [-0.05, 0) is 26.7 Å². The van der Waals surface area contributed by atoms with Crippen molar-refractivity contribution in [3.63, 3.8) is 0 Å². The molecule has 0 aromatic rings. The summed E-state index contributed by atoms with van der Waals surface area (Å²) in [5.74, 6) is -1.46. The SMILES string of the molecule is C[C@@H]1CN(C(=O)COC(=O)CN2C(=O)NC3(CCCC3)C2=O)C[C@@H](C)O1. The summed E-state index contributed by atoms with van der Waals surface area (Å²) in [5, 5.41) is 2.70. The number of esters is 1. The number of ether oxygens (including phenoxy) is 2. The lowest BCUT2D eigenvalue weighted by Gasteiger charge is -2.35. The van der Waals surface area contributed by atoms with Crippen molar-refractivity contribution in [2.24, 2.45) is 0 Å². The third-order valence-electron chi connectivity index (χ3n) is 5.12. The van der Waals surface area contributed by atoms with Gasteiger partial charge in [0.15, 0.2) is 6.61 Å². The molecule has 0 aromatic carbocycles. The average molecular weight is 367 g/mol. The second-order valence-corrected chi connectivity index (χ2v) is 7.33. The van der Waals surface area contributed by atoms with Crippen LogP contribution in [0.2, 0.25) is 0 Å². The smallest absolute Gasteiger partial charge is 0.326 e. The summed E-state index contributed by atoms with van der Waals surface area (Å²) in [5.41, 5.74) is -0.854. The van der Waals surface area contributed by atoms with E-state index in [2.05, 4.69) is 5.32 Å². The minimum Gasteiger partial charge on any atom is -0.454 e. The van der Waals surface area contributed by atoms with Crippen molar-refractivity contribution in [2.45, 2.75) is 57.3 Å². The van der Waals surface area contributed by atoms with Crippen LogP contribution in [0.3, 0.4) is 0 Å². The first-order valence-corrected chi connectivity index (χ1v) is 9.04. The van der Waals surface area contributed by atoms with Crippen LogP contribution in [0.5, 0.6) is 0 Å². The molecule has 2 heterocycles. The molecule has 0 radical (unpaired) electrons. The number of hydrogen-bond donors (Lipinski definition) is 1. The van der Waals surface area contributed by atoms with Crippen LogP contribution < -0.4 is 5.32 Å². The number of nitrogens with one attached hydrogen (secondary N) is 1. The molecule has 3 rings (SSSR count). The van der Waals surface area contributed by atoms with Gasteiger partial charge in [-0.2, -0.15) is 0 Å². The van der Waals surface area contributed by atoms with Crippen molar-refractivity contribution in [2.75, 3.05) is 26.2 Å². The second kappa shape index (κ2) is 7.22. The number of urea groups is 1. The van der Waals surface area contributed by atoms with Crippen LogP contribution in [0.25, 0.3) is 0 Å². The maximum Gasteiger partial charge on any atom is 0.326 e. The Morgan fingerprint density at radius 3 is 2.42 bits per heavy atom. The van der Waals surface area contributed by atoms with E-state index in [-0.39, 0.29) is 24.0 Å². The maximum atomic E-state index is 12.5. The van der Waals surface area contributed by atoms with Crippen molar-refractivity contribution >= 4 is 23.8 Å². The van der Waals surface area contributed by atoms with Crippen molar-refractivity contribution in [1.29, 1.82) is 0 Å². The molecule has 0 unspecified atom stereocenters. The molecule has 1 saturated carbocycles. The molecule has 3 aliphatic rings. The fourth-order valence-corrected chi connectivity index (χ4v) is 3.93. The Balaban J connectivity index is 1.49. The van der Waals surface area contributed by atoms with Gasteiger partial charge in [0.2, 0.25) is 0 Å². The lowest BCUT2D eigenvalue weighted by molar-refractivity contribution is -0.158. The number of amides is 4. The van der Waals surface area contributed by atoms with Crippen LogP contribution in [0, 0.1) is 0 Å². The van der Waals surface area contributed by atoms with Gasteiger partial charge < -0.3 is 19.7 Å². The predicted octanol–water partition coefficient (Wildman–Crippen LogP) is 0.0300. The lowest BCUT2D eigenvalue weighted by atomic mass is 9.98. The fraction of sp³-hybridized carbons (Fsp3) is 0.765. The van der Waals surface area contributed by atoms with Gasteiger partial charge in [-0.1, -0.05) is 12.8 Å². The summed E-state index contributed by atoms with van der Waals surface area (Å²) < 4.78 is 10.6. The Morgan fingerprint density at radius 2 is 1.81 bits per heavy atom. The number of nitrogens with zero attached hydrogens (tertiary/aromatic N) is 2. The number of hydrogen-bond acceptors (Lipinski definition) is 6. The fourth-order valence-electron chi connectivity index (χ4n) is 3.93. The van der Waals surface area contributed by atoms with E-state index in [9.17, 15) is 19.2 Å². The second-order valence-electron chi connectivity index (χ2n) is 7.33. The van der Waals surface area contributed by atoms with Crippen molar-refractivity contribution in [1.82, 2.24) is 15.1 Å². The molecule has 2 atom stereocenters. The highest BCUT2D eigenvalue weighted by atomic mass is 16.5. The first-order chi connectivity index (χ1) is 12.3. The van der Waals surface area contributed by atoms with Crippen molar-refractivity contribution in [3.05, 3.63) is 0 Å². The zero-order valence-corrected chi connectivity index (χ0v) is 15.2. The molecule has 2 saturated heterocycles. The van der Waals surface area contributed by atoms with Gasteiger partial charge in [0.25, 0.3) is 11.8 Å². The van der Waals surface area contributed by atoms with Crippen LogP contribution in [-0.4, -0.2) is 77.6 Å². The van der Waals surface area contributed by atoms with E-state index in [1.807, 2.05) is 13.8 Å². The van der Waals surface area contributed by atoms with Gasteiger partial charge >= 0.3 is 12.0 Å². The van der Waals surface area contributed by atoms with Crippen LogP contribution in [0.1, 0.15) is 39.5 Å². The van der Waals surface area contributed by atoms with Crippen LogP contribution in [0.15, 0.2) is 0 Å². The van der Waals surface area contributed by atoms with Crippen molar-refractivity contribution < 1.29 is 28.7 Å². The molecule has 2 aliphatic heterocycles. The molecule has 9 nitrogen and oxygen atoms in total. The highest BCUT2D eigenvalue weighted by Gasteiger charge is 2.52. The number of rotatable bonds is 4. The third kappa shape index (κ3) is 3.67. The standard InChI is InChI=1S/C17H25N3O6/c1-11-7-19(8-12(2)26-11)13(21)10-25-14(22)9-20-15(23)17(18-16(20)24)5-3-4-6-17/h11-12H,3-10H2,1-2H3,(H,18,24)/t11-,12-/m1/s1. The van der Waals surface area contributed by atoms with Gasteiger partial charge in [0.05, 0.1) is 12.2 Å². The first kappa shape index (κ1) is 18.6. The molecule has 9 heteroatoms. The molecule has 3 fully saturated rings. The van der Waals surface area contributed by atoms with E-state index in [4.69, 9.17) is 9.47 Å². The molecular weight excluding hydrogens is 342 g/mol. The summed E-state index contributed by atoms with van der Waals surface area (Å²) in [6.07, 6.45) is 2.77. The minimum atomic E-state index is -0.854. The van der Waals surface area contributed by atoms with Crippen LogP contribution in [-0.2, 0) is 23.9 Å². The lowest BCUT2D eigenvalue weighted by Crippen LogP contribution is -2.49. The summed E-state index contributed by atoms with van der Waals surface area (Å²) in [6.45, 7) is 3.74. The third-order valence-corrected chi connectivity index (χ3v) is 5.12. The first-order valence-electron chi connectivity index (χ1n) is 9.04. The molecule has 0 bridgehead atoms. The van der Waals surface area contributed by atoms with E-state index in [0.29, 0.717) is 25.9 Å². The normalized spacial score (nSPS) is 27.8. The predicted molar refractivity (Wildman–Crippen MR) is 89.0 cm³/mol. The zero-order chi connectivity index (χ0) is 18.9. The Hall–Kier alpha value is -2.16. The Morgan fingerprint density at radius 1 is 1.19 bits per heavy atom. The van der Waals surface area contributed by atoms with E-state index in [0.717, 1.165) is 17.7 Å². The minimum absolute atomic E-state index is 0.0769.